The summed E-state index contributed by atoms with van der Waals surface area (Å²) in [4.78, 5) is 48.9. The van der Waals surface area contributed by atoms with Crippen molar-refractivity contribution in [2.75, 3.05) is 19.6 Å². The first kappa shape index (κ1) is 28.8. The number of carbonyl (C=O) groups is 3. The number of nitrogens with one attached hydrogen (secondary N) is 2. The molecule has 208 valence electrons. The highest BCUT2D eigenvalue weighted by molar-refractivity contribution is 6.30. The molecule has 0 unspecified atom stereocenters. The molecular formula is C30H32ClN5O4. The first-order valence-corrected chi connectivity index (χ1v) is 13.5. The minimum absolute atomic E-state index is 0.0215. The lowest BCUT2D eigenvalue weighted by Gasteiger charge is -2.32. The van der Waals surface area contributed by atoms with E-state index in [9.17, 15) is 14.4 Å². The Balaban J connectivity index is 1.29. The third kappa shape index (κ3) is 8.91. The van der Waals surface area contributed by atoms with Gasteiger partial charge >= 0.3 is 0 Å². The van der Waals surface area contributed by atoms with E-state index in [1.165, 1.54) is 6.08 Å². The summed E-state index contributed by atoms with van der Waals surface area (Å²) in [6, 6.07) is 17.1. The number of aryl methyl sites for hydroxylation is 1. The maximum absolute atomic E-state index is 13.1. The number of aromatic nitrogens is 2. The number of hydrogen-bond donors (Lipinski definition) is 2. The molecule has 0 radical (unpaired) electrons. The fraction of sp³-hybridized carbons (Fsp3) is 0.300. The van der Waals surface area contributed by atoms with Gasteiger partial charge in [0.15, 0.2) is 0 Å². The van der Waals surface area contributed by atoms with Crippen molar-refractivity contribution in [3.8, 4) is 5.88 Å². The number of amides is 3. The van der Waals surface area contributed by atoms with Gasteiger partial charge in [0, 0.05) is 67.1 Å². The summed E-state index contributed by atoms with van der Waals surface area (Å²) in [5.41, 5.74) is 2.32. The van der Waals surface area contributed by atoms with E-state index in [4.69, 9.17) is 16.3 Å². The zero-order valence-electron chi connectivity index (χ0n) is 22.3. The Hall–Kier alpha value is -4.24. The van der Waals surface area contributed by atoms with Crippen molar-refractivity contribution in [3.63, 3.8) is 0 Å². The molecule has 9 nitrogen and oxygen atoms in total. The van der Waals surface area contributed by atoms with Crippen LogP contribution in [0.3, 0.4) is 0 Å². The maximum atomic E-state index is 13.1. The average molecular weight is 562 g/mol. The highest BCUT2D eigenvalue weighted by atomic mass is 35.5. The van der Waals surface area contributed by atoms with Crippen LogP contribution in [0.5, 0.6) is 5.88 Å². The van der Waals surface area contributed by atoms with Crippen LogP contribution in [-0.4, -0.2) is 64.4 Å². The number of rotatable bonds is 10. The predicted molar refractivity (Wildman–Crippen MR) is 153 cm³/mol. The van der Waals surface area contributed by atoms with Crippen molar-refractivity contribution in [2.24, 2.45) is 0 Å². The van der Waals surface area contributed by atoms with Gasteiger partial charge in [-0.05, 0) is 48.9 Å². The predicted octanol–water partition coefficient (Wildman–Crippen LogP) is 3.37. The SMILES string of the molecule is Cc1cccc(OC2CCN(C(=O)CNC(=O)[C@H](Cc3ccccn3)NC(=O)C=Cc3ccc(Cl)cc3)CC2)n1. The van der Waals surface area contributed by atoms with Crippen molar-refractivity contribution in [1.29, 1.82) is 0 Å². The van der Waals surface area contributed by atoms with E-state index in [-0.39, 0.29) is 25.0 Å². The molecule has 0 saturated carbocycles. The van der Waals surface area contributed by atoms with Gasteiger partial charge in [0.2, 0.25) is 23.6 Å². The van der Waals surface area contributed by atoms with Gasteiger partial charge < -0.3 is 20.3 Å². The van der Waals surface area contributed by atoms with Crippen molar-refractivity contribution < 1.29 is 19.1 Å². The van der Waals surface area contributed by atoms with Gasteiger partial charge in [0.05, 0.1) is 6.54 Å². The summed E-state index contributed by atoms with van der Waals surface area (Å²) >= 11 is 5.91. The largest absolute Gasteiger partial charge is 0.474 e. The van der Waals surface area contributed by atoms with Crippen LogP contribution >= 0.6 is 11.6 Å². The number of benzene rings is 1. The lowest BCUT2D eigenvalue weighted by atomic mass is 10.1. The number of pyridine rings is 2. The van der Waals surface area contributed by atoms with Crippen LogP contribution in [0.15, 0.2) is 72.9 Å². The molecule has 1 aliphatic heterocycles. The molecule has 3 heterocycles. The molecule has 2 aromatic heterocycles. The molecule has 3 aromatic rings. The van der Waals surface area contributed by atoms with Crippen molar-refractivity contribution in [3.05, 3.63) is 94.9 Å². The first-order chi connectivity index (χ1) is 19.4. The van der Waals surface area contributed by atoms with Crippen LogP contribution in [0.1, 0.15) is 29.8 Å². The van der Waals surface area contributed by atoms with Crippen molar-refractivity contribution in [1.82, 2.24) is 25.5 Å². The third-order valence-electron chi connectivity index (χ3n) is 6.43. The Morgan fingerprint density at radius 2 is 1.85 bits per heavy atom. The molecule has 0 spiro atoms. The van der Waals surface area contributed by atoms with Crippen LogP contribution < -0.4 is 15.4 Å². The lowest BCUT2D eigenvalue weighted by Crippen LogP contribution is -2.51. The molecule has 1 fully saturated rings. The minimum Gasteiger partial charge on any atom is -0.474 e. The van der Waals surface area contributed by atoms with Crippen LogP contribution in [0, 0.1) is 6.92 Å². The zero-order chi connectivity index (χ0) is 28.3. The second-order valence-corrected chi connectivity index (χ2v) is 9.94. The zero-order valence-corrected chi connectivity index (χ0v) is 23.0. The topological polar surface area (TPSA) is 114 Å². The van der Waals surface area contributed by atoms with E-state index in [0.29, 0.717) is 42.5 Å². The number of piperidine rings is 1. The quantitative estimate of drug-likeness (QED) is 0.367. The van der Waals surface area contributed by atoms with Gasteiger partial charge in [-0.1, -0.05) is 35.9 Å². The molecule has 40 heavy (non-hydrogen) atoms. The second-order valence-electron chi connectivity index (χ2n) is 9.50. The smallest absolute Gasteiger partial charge is 0.244 e. The van der Waals surface area contributed by atoms with E-state index in [0.717, 1.165) is 11.3 Å². The Kier molecular flexibility index (Phi) is 10.2. The molecule has 2 N–H and O–H groups in total. The van der Waals surface area contributed by atoms with Crippen molar-refractivity contribution in [2.45, 2.75) is 38.3 Å². The summed E-state index contributed by atoms with van der Waals surface area (Å²) in [5.74, 6) is -0.509. The molecule has 1 aromatic carbocycles. The highest BCUT2D eigenvalue weighted by Crippen LogP contribution is 2.17. The standard InChI is InChI=1S/C30H32ClN5O4/c1-21-5-4-7-28(34-21)40-25-14-17-36(18-15-25)29(38)20-33-30(39)26(19-24-6-2-3-16-32-24)35-27(37)13-10-22-8-11-23(31)12-9-22/h2-13,16,25-26H,14-15,17-20H2,1H3,(H,33,39)(H,35,37)/t26-/m0/s1. The fourth-order valence-electron chi connectivity index (χ4n) is 4.28. The molecule has 0 aliphatic carbocycles. The second kappa shape index (κ2) is 14.2. The number of likely N-dealkylation sites (tertiary alicyclic amines) is 1. The first-order valence-electron chi connectivity index (χ1n) is 13.2. The van der Waals surface area contributed by atoms with Gasteiger partial charge in [-0.3, -0.25) is 19.4 Å². The van der Waals surface area contributed by atoms with E-state index in [1.54, 1.807) is 53.6 Å². The minimum atomic E-state index is -0.911. The lowest BCUT2D eigenvalue weighted by molar-refractivity contribution is -0.135. The molecule has 1 saturated heterocycles. The van der Waals surface area contributed by atoms with Crippen LogP contribution in [-0.2, 0) is 20.8 Å². The molecule has 3 amide bonds. The summed E-state index contributed by atoms with van der Waals surface area (Å²) in [6.45, 7) is 2.79. The van der Waals surface area contributed by atoms with E-state index < -0.39 is 17.9 Å². The van der Waals surface area contributed by atoms with Gasteiger partial charge in [-0.15, -0.1) is 0 Å². The Labute approximate surface area is 238 Å². The van der Waals surface area contributed by atoms with E-state index >= 15 is 0 Å². The number of nitrogens with zero attached hydrogens (tertiary/aromatic N) is 3. The van der Waals surface area contributed by atoms with Gasteiger partial charge in [0.1, 0.15) is 12.1 Å². The van der Waals surface area contributed by atoms with Gasteiger partial charge in [0.25, 0.3) is 0 Å². The molecule has 1 aliphatic rings. The molecule has 1 atom stereocenters. The number of carbonyl (C=O) groups excluding carboxylic acids is 3. The molecule has 0 bridgehead atoms. The van der Waals surface area contributed by atoms with Crippen LogP contribution in [0.2, 0.25) is 5.02 Å². The van der Waals surface area contributed by atoms with Gasteiger partial charge in [-0.2, -0.15) is 0 Å². The normalized spacial score (nSPS) is 14.5. The van der Waals surface area contributed by atoms with Crippen molar-refractivity contribution >= 4 is 35.4 Å². The highest BCUT2D eigenvalue weighted by Gasteiger charge is 2.26. The summed E-state index contributed by atoms with van der Waals surface area (Å²) < 4.78 is 5.96. The number of hydrogen-bond acceptors (Lipinski definition) is 6. The Morgan fingerprint density at radius 3 is 2.55 bits per heavy atom. The number of halogens is 1. The fourth-order valence-corrected chi connectivity index (χ4v) is 4.40. The average Bonchev–Trinajstić information content (AvgIpc) is 2.96. The van der Waals surface area contributed by atoms with Crippen LogP contribution in [0.4, 0.5) is 0 Å². The van der Waals surface area contributed by atoms with E-state index in [1.807, 2.05) is 31.2 Å². The molecular weight excluding hydrogens is 530 g/mol. The third-order valence-corrected chi connectivity index (χ3v) is 6.68. The Morgan fingerprint density at radius 1 is 1.07 bits per heavy atom. The number of ether oxygens (including phenoxy) is 1. The molecule has 4 rings (SSSR count). The Bertz CT molecular complexity index is 1330. The van der Waals surface area contributed by atoms with E-state index in [2.05, 4.69) is 20.6 Å². The summed E-state index contributed by atoms with van der Waals surface area (Å²) in [6.07, 6.45) is 6.11. The van der Waals surface area contributed by atoms with Gasteiger partial charge in [-0.25, -0.2) is 4.98 Å². The molecule has 10 heteroatoms. The summed E-state index contributed by atoms with van der Waals surface area (Å²) in [7, 11) is 0. The van der Waals surface area contributed by atoms with Crippen LogP contribution in [0.25, 0.3) is 6.08 Å². The monoisotopic (exact) mass is 561 g/mol. The maximum Gasteiger partial charge on any atom is 0.244 e. The summed E-state index contributed by atoms with van der Waals surface area (Å²) in [5, 5.41) is 6.02.